The van der Waals surface area contributed by atoms with E-state index >= 15 is 0 Å². The Hall–Kier alpha value is -1.84. The molecular formula is C12H11N3OS. The van der Waals surface area contributed by atoms with Gasteiger partial charge >= 0.3 is 0 Å². The van der Waals surface area contributed by atoms with Gasteiger partial charge in [0.2, 0.25) is 0 Å². The van der Waals surface area contributed by atoms with Crippen LogP contribution in [0.15, 0.2) is 11.4 Å². The van der Waals surface area contributed by atoms with Gasteiger partial charge in [0.15, 0.2) is 0 Å². The molecule has 4 nitrogen and oxygen atoms in total. The largest absolute Gasteiger partial charge is 0.384 e. The molecule has 0 unspecified atom stereocenters. The minimum atomic E-state index is -0.153. The van der Waals surface area contributed by atoms with Gasteiger partial charge in [0.05, 0.1) is 25.2 Å². The Morgan fingerprint density at radius 1 is 1.29 bits per heavy atom. The molecule has 1 N–H and O–H groups in total. The van der Waals surface area contributed by atoms with Crippen molar-refractivity contribution >= 4 is 11.3 Å². The number of aliphatic hydroxyl groups is 1. The molecule has 0 aliphatic rings. The smallest absolute Gasteiger partial charge is 0.104 e. The molecule has 0 bridgehead atoms. The number of hydrogen-bond acceptors (Lipinski definition) is 5. The summed E-state index contributed by atoms with van der Waals surface area (Å²) in [6.45, 7) is 0.902. The maximum absolute atomic E-state index is 8.61. The summed E-state index contributed by atoms with van der Waals surface area (Å²) >= 11 is 1.54. The highest BCUT2D eigenvalue weighted by Gasteiger charge is 2.06. The van der Waals surface area contributed by atoms with Crippen molar-refractivity contribution in [2.45, 2.75) is 6.54 Å². The average Bonchev–Trinajstić information content (AvgIpc) is 2.75. The number of hydrogen-bond donors (Lipinski definition) is 1. The Bertz CT molecular complexity index is 482. The van der Waals surface area contributed by atoms with Crippen LogP contribution in [0, 0.1) is 34.5 Å². The van der Waals surface area contributed by atoms with Crippen LogP contribution in [0.2, 0.25) is 0 Å². The first-order valence-electron chi connectivity index (χ1n) is 4.93. The van der Waals surface area contributed by atoms with E-state index in [0.29, 0.717) is 6.54 Å². The van der Waals surface area contributed by atoms with Gasteiger partial charge < -0.3 is 5.11 Å². The topological polar surface area (TPSA) is 71.0 Å². The van der Waals surface area contributed by atoms with Crippen LogP contribution in [0.25, 0.3) is 0 Å². The van der Waals surface area contributed by atoms with E-state index in [0.717, 1.165) is 10.4 Å². The molecule has 1 aromatic heterocycles. The normalized spacial score (nSPS) is 9.18. The lowest BCUT2D eigenvalue weighted by atomic mass is 10.3. The quantitative estimate of drug-likeness (QED) is 0.633. The highest BCUT2D eigenvalue weighted by atomic mass is 32.1. The SMILES string of the molecule is N#CCN(CC#N)Cc1cc(C#CCO)cs1. The lowest BCUT2D eigenvalue weighted by molar-refractivity contribution is 0.338. The van der Waals surface area contributed by atoms with Crippen LogP contribution in [0.5, 0.6) is 0 Å². The summed E-state index contributed by atoms with van der Waals surface area (Å²) in [5.74, 6) is 5.39. The number of rotatable bonds is 4. The fourth-order valence-corrected chi connectivity index (χ4v) is 2.12. The van der Waals surface area contributed by atoms with Crippen molar-refractivity contribution in [2.75, 3.05) is 19.7 Å². The number of nitriles is 2. The van der Waals surface area contributed by atoms with Crippen molar-refractivity contribution in [1.29, 1.82) is 10.5 Å². The summed E-state index contributed by atoms with van der Waals surface area (Å²) in [6.07, 6.45) is 0. The van der Waals surface area contributed by atoms with Crippen LogP contribution in [-0.2, 0) is 6.54 Å². The highest BCUT2D eigenvalue weighted by molar-refractivity contribution is 7.10. The number of nitrogens with zero attached hydrogens (tertiary/aromatic N) is 3. The van der Waals surface area contributed by atoms with Gasteiger partial charge in [-0.05, 0) is 6.07 Å². The first-order valence-corrected chi connectivity index (χ1v) is 5.81. The molecule has 0 fully saturated rings. The summed E-state index contributed by atoms with van der Waals surface area (Å²) in [4.78, 5) is 2.81. The molecule has 0 saturated carbocycles. The van der Waals surface area contributed by atoms with E-state index in [1.54, 1.807) is 4.90 Å². The van der Waals surface area contributed by atoms with Gasteiger partial charge in [-0.25, -0.2) is 0 Å². The van der Waals surface area contributed by atoms with Gasteiger partial charge in [0, 0.05) is 22.4 Å². The van der Waals surface area contributed by atoms with Gasteiger partial charge in [-0.2, -0.15) is 10.5 Å². The monoisotopic (exact) mass is 245 g/mol. The Balaban J connectivity index is 2.64. The molecule has 0 atom stereocenters. The number of aliphatic hydroxyl groups excluding tert-OH is 1. The standard InChI is InChI=1S/C12H11N3OS/c13-3-5-15(6-4-14)9-12-8-11(10-17-12)2-1-7-16/h8,10,16H,5-7,9H2. The van der Waals surface area contributed by atoms with Gasteiger partial charge in [-0.1, -0.05) is 11.8 Å². The van der Waals surface area contributed by atoms with Gasteiger partial charge in [-0.3, -0.25) is 4.90 Å². The molecule has 0 aliphatic heterocycles. The first kappa shape index (κ1) is 13.2. The Labute approximate surface area is 104 Å². The summed E-state index contributed by atoms with van der Waals surface area (Å²) in [6, 6.07) is 5.98. The van der Waals surface area contributed by atoms with Crippen molar-refractivity contribution in [3.05, 3.63) is 21.9 Å². The number of thiophene rings is 1. The zero-order chi connectivity index (χ0) is 12.5. The van der Waals surface area contributed by atoms with Crippen molar-refractivity contribution < 1.29 is 5.11 Å². The lowest BCUT2D eigenvalue weighted by Crippen LogP contribution is -2.23. The molecule has 0 aliphatic carbocycles. The molecule has 1 rings (SSSR count). The third kappa shape index (κ3) is 4.68. The van der Waals surface area contributed by atoms with Crippen LogP contribution in [0.3, 0.4) is 0 Å². The molecule has 0 saturated heterocycles. The van der Waals surface area contributed by atoms with Gasteiger partial charge in [0.1, 0.15) is 6.61 Å². The van der Waals surface area contributed by atoms with E-state index in [2.05, 4.69) is 11.8 Å². The second-order valence-electron chi connectivity index (χ2n) is 3.22. The van der Waals surface area contributed by atoms with Crippen molar-refractivity contribution in [2.24, 2.45) is 0 Å². The van der Waals surface area contributed by atoms with Crippen LogP contribution >= 0.6 is 11.3 Å². The molecule has 0 spiro atoms. The second kappa shape index (κ2) is 7.44. The molecule has 86 valence electrons. The van der Waals surface area contributed by atoms with Crippen LogP contribution in [0.1, 0.15) is 10.4 Å². The highest BCUT2D eigenvalue weighted by Crippen LogP contribution is 2.15. The second-order valence-corrected chi connectivity index (χ2v) is 4.22. The lowest BCUT2D eigenvalue weighted by Gasteiger charge is -2.12. The predicted octanol–water partition coefficient (Wildman–Crippen LogP) is 0.941. The maximum atomic E-state index is 8.61. The maximum Gasteiger partial charge on any atom is 0.104 e. The predicted molar refractivity (Wildman–Crippen MR) is 64.8 cm³/mol. The van der Waals surface area contributed by atoms with Crippen LogP contribution in [0.4, 0.5) is 0 Å². The molecule has 0 radical (unpaired) electrons. The summed E-state index contributed by atoms with van der Waals surface area (Å²) in [5.41, 5.74) is 0.855. The molecular weight excluding hydrogens is 234 g/mol. The van der Waals surface area contributed by atoms with E-state index in [1.165, 1.54) is 11.3 Å². The van der Waals surface area contributed by atoms with E-state index < -0.39 is 0 Å². The van der Waals surface area contributed by atoms with Crippen LogP contribution < -0.4 is 0 Å². The van der Waals surface area contributed by atoms with E-state index in [4.69, 9.17) is 15.6 Å². The average molecular weight is 245 g/mol. The molecule has 0 aromatic carbocycles. The van der Waals surface area contributed by atoms with Crippen molar-refractivity contribution in [3.63, 3.8) is 0 Å². The first-order chi connectivity index (χ1) is 8.30. The third-order valence-corrected chi connectivity index (χ3v) is 2.86. The third-order valence-electron chi connectivity index (χ3n) is 1.93. The fraction of sp³-hybridized carbons (Fsp3) is 0.333. The Kier molecular flexibility index (Phi) is 5.79. The van der Waals surface area contributed by atoms with Crippen molar-refractivity contribution in [1.82, 2.24) is 4.90 Å². The molecule has 1 aromatic rings. The molecule has 5 heteroatoms. The van der Waals surface area contributed by atoms with Gasteiger partial charge in [0.25, 0.3) is 0 Å². The zero-order valence-electron chi connectivity index (χ0n) is 9.18. The van der Waals surface area contributed by atoms with E-state index in [1.807, 2.05) is 23.6 Å². The van der Waals surface area contributed by atoms with E-state index in [-0.39, 0.29) is 19.7 Å². The summed E-state index contributed by atoms with van der Waals surface area (Å²) in [7, 11) is 0. The fourth-order valence-electron chi connectivity index (χ4n) is 1.26. The Morgan fingerprint density at radius 3 is 2.59 bits per heavy atom. The summed E-state index contributed by atoms with van der Waals surface area (Å²) < 4.78 is 0. The van der Waals surface area contributed by atoms with Crippen molar-refractivity contribution in [3.8, 4) is 24.0 Å². The molecule has 1 heterocycles. The van der Waals surface area contributed by atoms with E-state index in [9.17, 15) is 0 Å². The minimum absolute atomic E-state index is 0.153. The molecule has 0 amide bonds. The molecule has 17 heavy (non-hydrogen) atoms. The minimum Gasteiger partial charge on any atom is -0.384 e. The van der Waals surface area contributed by atoms with Crippen LogP contribution in [-0.4, -0.2) is 29.7 Å². The zero-order valence-corrected chi connectivity index (χ0v) is 10.00. The summed E-state index contributed by atoms with van der Waals surface area (Å²) in [5, 5.41) is 27.7. The Morgan fingerprint density at radius 2 is 2.00 bits per heavy atom. The van der Waals surface area contributed by atoms with Gasteiger partial charge in [-0.15, -0.1) is 11.3 Å².